The maximum Gasteiger partial charge on any atom is 0.323 e. The summed E-state index contributed by atoms with van der Waals surface area (Å²) in [6, 6.07) is 2.70. The quantitative estimate of drug-likeness (QED) is 0.391. The van der Waals surface area contributed by atoms with E-state index in [9.17, 15) is 14.6 Å². The Morgan fingerprint density at radius 2 is 2.18 bits per heavy atom. The molecule has 1 aliphatic rings. The van der Waals surface area contributed by atoms with Crippen molar-refractivity contribution in [3.8, 4) is 6.07 Å². The first-order valence-corrected chi connectivity index (χ1v) is 12.9. The van der Waals surface area contributed by atoms with Gasteiger partial charge in [-0.2, -0.15) is 5.26 Å². The molecule has 0 bridgehead atoms. The SMILES string of the molecule is CC(C)OC(=O)[C@H](C)NP(C)(=O)OC[C@H]1O[C@@H](n2cnc3c(N)ccnc32)C(F)[C@@]1(C)CC#N. The van der Waals surface area contributed by atoms with Gasteiger partial charge in [-0.15, -0.1) is 0 Å². The lowest BCUT2D eigenvalue weighted by Crippen LogP contribution is -2.39. The van der Waals surface area contributed by atoms with Gasteiger partial charge in [0.25, 0.3) is 7.52 Å². The van der Waals surface area contributed by atoms with E-state index in [4.69, 9.17) is 19.7 Å². The third kappa shape index (κ3) is 5.23. The largest absolute Gasteiger partial charge is 0.462 e. The molecule has 13 heteroatoms. The predicted molar refractivity (Wildman–Crippen MR) is 122 cm³/mol. The number of esters is 1. The lowest BCUT2D eigenvalue weighted by atomic mass is 9.79. The van der Waals surface area contributed by atoms with Crippen LogP contribution in [0.4, 0.5) is 10.1 Å². The van der Waals surface area contributed by atoms with E-state index in [-0.39, 0.29) is 19.1 Å². The number of nitrogen functional groups attached to an aromatic ring is 1. The molecule has 11 nitrogen and oxygen atoms in total. The number of nitriles is 1. The summed E-state index contributed by atoms with van der Waals surface area (Å²) >= 11 is 0. The lowest BCUT2D eigenvalue weighted by Gasteiger charge is -2.29. The highest BCUT2D eigenvalue weighted by Crippen LogP contribution is 2.50. The van der Waals surface area contributed by atoms with E-state index in [1.165, 1.54) is 30.7 Å². The van der Waals surface area contributed by atoms with Crippen LogP contribution in [-0.2, 0) is 23.4 Å². The summed E-state index contributed by atoms with van der Waals surface area (Å²) in [5, 5.41) is 12.0. The minimum Gasteiger partial charge on any atom is -0.462 e. The van der Waals surface area contributed by atoms with E-state index in [1.54, 1.807) is 26.8 Å². The fraction of sp³-hybridized carbons (Fsp3) is 0.619. The minimum absolute atomic E-state index is 0.167. The molecule has 0 aromatic carbocycles. The molecular weight excluding hydrogens is 466 g/mol. The number of hydrogen-bond acceptors (Lipinski definition) is 9. The summed E-state index contributed by atoms with van der Waals surface area (Å²) in [7, 11) is -3.50. The number of fused-ring (bicyclic) bond motifs is 1. The van der Waals surface area contributed by atoms with Gasteiger partial charge in [0, 0.05) is 24.7 Å². The van der Waals surface area contributed by atoms with Gasteiger partial charge in [-0.3, -0.25) is 13.9 Å². The van der Waals surface area contributed by atoms with Gasteiger partial charge in [-0.25, -0.2) is 19.4 Å². The van der Waals surface area contributed by atoms with Gasteiger partial charge in [0.15, 0.2) is 18.0 Å². The smallest absolute Gasteiger partial charge is 0.323 e. The van der Waals surface area contributed by atoms with Gasteiger partial charge in [-0.1, -0.05) is 6.92 Å². The molecule has 0 amide bonds. The van der Waals surface area contributed by atoms with Gasteiger partial charge in [0.05, 0.1) is 36.9 Å². The molecule has 6 atom stereocenters. The first-order chi connectivity index (χ1) is 15.9. The van der Waals surface area contributed by atoms with Gasteiger partial charge in [0.2, 0.25) is 0 Å². The van der Waals surface area contributed by atoms with E-state index >= 15 is 4.39 Å². The molecule has 1 fully saturated rings. The highest BCUT2D eigenvalue weighted by atomic mass is 31.2. The first-order valence-electron chi connectivity index (χ1n) is 10.8. The predicted octanol–water partition coefficient (Wildman–Crippen LogP) is 2.94. The van der Waals surface area contributed by atoms with Crippen molar-refractivity contribution in [2.75, 3.05) is 19.0 Å². The van der Waals surface area contributed by atoms with Crippen LogP contribution in [0, 0.1) is 16.7 Å². The standard InChI is InChI=1S/C21H30FN6O5P/c1-12(2)32-20(29)13(3)27-34(5,30)31-10-15-21(4,7-8-23)17(22)19(33-15)28-11-26-16-14(24)6-9-25-18(16)28/h6,9,11-13,15,17,19H,7,10H2,1-5H3,(H2,24,25)(H,27,30)/t13-,15+,17?,19+,21-,34?/m0/s1. The number of aromatic nitrogens is 3. The molecule has 34 heavy (non-hydrogen) atoms. The van der Waals surface area contributed by atoms with E-state index in [1.807, 2.05) is 6.07 Å². The average molecular weight is 496 g/mol. The summed E-state index contributed by atoms with van der Waals surface area (Å²) in [6.45, 7) is 7.53. The van der Waals surface area contributed by atoms with Crippen molar-refractivity contribution in [3.63, 3.8) is 0 Å². The van der Waals surface area contributed by atoms with Crippen molar-refractivity contribution in [1.29, 1.82) is 5.26 Å². The van der Waals surface area contributed by atoms with Crippen molar-refractivity contribution >= 4 is 30.3 Å². The number of hydrogen-bond donors (Lipinski definition) is 2. The monoisotopic (exact) mass is 496 g/mol. The summed E-state index contributed by atoms with van der Waals surface area (Å²) in [5.74, 6) is -0.574. The molecule has 186 valence electrons. The molecule has 2 aromatic rings. The van der Waals surface area contributed by atoms with Crippen LogP contribution >= 0.6 is 7.52 Å². The van der Waals surface area contributed by atoms with Crippen molar-refractivity contribution in [2.45, 2.75) is 64.8 Å². The Labute approximate surface area is 197 Å². The molecule has 1 aliphatic heterocycles. The number of pyridine rings is 1. The molecule has 0 radical (unpaired) electrons. The molecule has 2 unspecified atom stereocenters. The first kappa shape index (κ1) is 26.0. The molecule has 3 rings (SSSR count). The van der Waals surface area contributed by atoms with Crippen LogP contribution in [0.25, 0.3) is 11.2 Å². The van der Waals surface area contributed by atoms with E-state index in [0.29, 0.717) is 16.9 Å². The number of imidazole rings is 1. The number of alkyl halides is 1. The van der Waals surface area contributed by atoms with Gasteiger partial charge in [-0.05, 0) is 26.8 Å². The summed E-state index contributed by atoms with van der Waals surface area (Å²) in [5.41, 5.74) is 5.80. The Bertz CT molecular complexity index is 1140. The fourth-order valence-corrected chi connectivity index (χ4v) is 5.14. The molecule has 3 N–H and O–H groups in total. The van der Waals surface area contributed by atoms with Crippen molar-refractivity contribution < 1.29 is 27.7 Å². The Hall–Kier alpha value is -2.58. The number of carbonyl (C=O) groups excluding carboxylic acids is 1. The van der Waals surface area contributed by atoms with Crippen molar-refractivity contribution in [2.24, 2.45) is 5.41 Å². The molecule has 0 aliphatic carbocycles. The Balaban J connectivity index is 1.78. The van der Waals surface area contributed by atoms with Gasteiger partial charge < -0.3 is 19.7 Å². The maximum atomic E-state index is 15.7. The van der Waals surface area contributed by atoms with Crippen LogP contribution in [0.1, 0.15) is 40.3 Å². The third-order valence-corrected chi connectivity index (χ3v) is 7.25. The second-order valence-corrected chi connectivity index (χ2v) is 11.2. The van der Waals surface area contributed by atoms with Crippen LogP contribution in [-0.4, -0.2) is 58.2 Å². The fourth-order valence-electron chi connectivity index (χ4n) is 3.84. The normalized spacial score (nSPS) is 27.4. The summed E-state index contributed by atoms with van der Waals surface area (Å²) < 4.78 is 46.8. The van der Waals surface area contributed by atoms with Crippen molar-refractivity contribution in [1.82, 2.24) is 19.6 Å². The second-order valence-electron chi connectivity index (χ2n) is 8.96. The summed E-state index contributed by atoms with van der Waals surface area (Å²) in [6.07, 6.45) is -1.30. The highest BCUT2D eigenvalue weighted by Gasteiger charge is 2.55. The number of nitrogens with two attached hydrogens (primary N) is 1. The van der Waals surface area contributed by atoms with E-state index < -0.39 is 43.4 Å². The molecule has 0 spiro atoms. The third-order valence-electron chi connectivity index (χ3n) is 5.75. The van der Waals surface area contributed by atoms with Crippen LogP contribution in [0.5, 0.6) is 0 Å². The Morgan fingerprint density at radius 3 is 2.82 bits per heavy atom. The Morgan fingerprint density at radius 1 is 1.47 bits per heavy atom. The number of carbonyl (C=O) groups is 1. The minimum atomic E-state index is -3.50. The molecule has 1 saturated heterocycles. The molecule has 3 heterocycles. The van der Waals surface area contributed by atoms with Gasteiger partial charge in [0.1, 0.15) is 11.6 Å². The number of anilines is 1. The second kappa shape index (κ2) is 9.96. The molecule has 0 saturated carbocycles. The molecule has 2 aromatic heterocycles. The van der Waals surface area contributed by atoms with Crippen LogP contribution in [0.2, 0.25) is 0 Å². The zero-order valence-corrected chi connectivity index (χ0v) is 20.7. The molecular formula is C21H30FN6O5P. The van der Waals surface area contributed by atoms with E-state index in [0.717, 1.165) is 0 Å². The Kier molecular flexibility index (Phi) is 7.62. The zero-order valence-electron chi connectivity index (χ0n) is 19.8. The highest BCUT2D eigenvalue weighted by molar-refractivity contribution is 7.56. The van der Waals surface area contributed by atoms with Gasteiger partial charge >= 0.3 is 5.97 Å². The lowest BCUT2D eigenvalue weighted by molar-refractivity contribution is -0.149. The van der Waals surface area contributed by atoms with Crippen LogP contribution < -0.4 is 10.8 Å². The number of ether oxygens (including phenoxy) is 2. The topological polar surface area (TPSA) is 154 Å². The zero-order chi connectivity index (χ0) is 25.3. The summed E-state index contributed by atoms with van der Waals surface area (Å²) in [4.78, 5) is 20.5. The number of halogens is 1. The number of nitrogens with zero attached hydrogens (tertiary/aromatic N) is 4. The maximum absolute atomic E-state index is 15.7. The van der Waals surface area contributed by atoms with Crippen LogP contribution in [0.3, 0.4) is 0 Å². The van der Waals surface area contributed by atoms with E-state index in [2.05, 4.69) is 15.1 Å². The number of rotatable bonds is 9. The average Bonchev–Trinajstić information content (AvgIpc) is 3.27. The number of nitrogens with one attached hydrogen (secondary N) is 1. The van der Waals surface area contributed by atoms with Crippen molar-refractivity contribution in [3.05, 3.63) is 18.6 Å². The van der Waals surface area contributed by atoms with Crippen LogP contribution in [0.15, 0.2) is 18.6 Å².